The van der Waals surface area contributed by atoms with Crippen LogP contribution in [0.1, 0.15) is 36.9 Å². The van der Waals surface area contributed by atoms with Crippen LogP contribution in [0.3, 0.4) is 0 Å². The molecule has 0 aliphatic rings. The van der Waals surface area contributed by atoms with Gasteiger partial charge in [-0.2, -0.15) is 0 Å². The smallest absolute Gasteiger partial charge is 0.123 e. The van der Waals surface area contributed by atoms with E-state index >= 15 is 0 Å². The second-order valence-corrected chi connectivity index (χ2v) is 3.82. The van der Waals surface area contributed by atoms with Crippen LogP contribution in [-0.4, -0.2) is 7.11 Å². The Hall–Kier alpha value is -1.46. The molecule has 1 rings (SSSR count). The number of benzene rings is 1. The van der Waals surface area contributed by atoms with Crippen molar-refractivity contribution < 1.29 is 4.74 Å². The van der Waals surface area contributed by atoms with Gasteiger partial charge in [0.1, 0.15) is 5.75 Å². The topological polar surface area (TPSA) is 35.2 Å². The Bertz CT molecular complexity index is 401. The van der Waals surface area contributed by atoms with Gasteiger partial charge < -0.3 is 10.5 Å². The molecule has 0 aliphatic carbocycles. The third-order valence-electron chi connectivity index (χ3n) is 2.54. The Balaban J connectivity index is 2.82. The van der Waals surface area contributed by atoms with E-state index in [-0.39, 0.29) is 6.04 Å². The van der Waals surface area contributed by atoms with Gasteiger partial charge in [-0.05, 0) is 26.3 Å². The first-order valence-electron chi connectivity index (χ1n) is 5.48. The van der Waals surface area contributed by atoms with Crippen molar-refractivity contribution in [1.29, 1.82) is 0 Å². The van der Waals surface area contributed by atoms with E-state index in [2.05, 4.69) is 24.8 Å². The van der Waals surface area contributed by atoms with Gasteiger partial charge in [-0.15, -0.1) is 11.8 Å². The highest BCUT2D eigenvalue weighted by Gasteiger charge is 2.11. The molecule has 2 nitrogen and oxygen atoms in total. The maximum absolute atomic E-state index is 6.13. The molecule has 0 spiro atoms. The van der Waals surface area contributed by atoms with Gasteiger partial charge in [0.25, 0.3) is 0 Å². The van der Waals surface area contributed by atoms with Crippen LogP contribution in [0.25, 0.3) is 0 Å². The molecule has 0 bridgehead atoms. The van der Waals surface area contributed by atoms with E-state index in [4.69, 9.17) is 10.5 Å². The number of aryl methyl sites for hydroxylation is 1. The number of methoxy groups -OCH3 is 1. The highest BCUT2D eigenvalue weighted by Crippen LogP contribution is 2.27. The second kappa shape index (κ2) is 6.19. The average molecular weight is 217 g/mol. The van der Waals surface area contributed by atoms with Crippen LogP contribution in [0, 0.1) is 18.8 Å². The SMILES string of the molecule is CC#CCCC(N)c1cc(C)ccc1OC. The van der Waals surface area contributed by atoms with Gasteiger partial charge in [0.15, 0.2) is 0 Å². The quantitative estimate of drug-likeness (QED) is 0.787. The third-order valence-corrected chi connectivity index (χ3v) is 2.54. The maximum Gasteiger partial charge on any atom is 0.123 e. The summed E-state index contributed by atoms with van der Waals surface area (Å²) >= 11 is 0. The summed E-state index contributed by atoms with van der Waals surface area (Å²) in [7, 11) is 1.67. The summed E-state index contributed by atoms with van der Waals surface area (Å²) in [6.45, 7) is 3.90. The Labute approximate surface area is 97.8 Å². The van der Waals surface area contributed by atoms with E-state index in [1.54, 1.807) is 7.11 Å². The minimum Gasteiger partial charge on any atom is -0.496 e. The molecule has 0 aliphatic heterocycles. The van der Waals surface area contributed by atoms with Gasteiger partial charge in [0, 0.05) is 18.0 Å². The molecule has 86 valence electrons. The van der Waals surface area contributed by atoms with Gasteiger partial charge in [0.05, 0.1) is 7.11 Å². The van der Waals surface area contributed by atoms with Crippen molar-refractivity contribution in [2.45, 2.75) is 32.7 Å². The zero-order chi connectivity index (χ0) is 12.0. The van der Waals surface area contributed by atoms with Crippen molar-refractivity contribution in [3.05, 3.63) is 29.3 Å². The molecule has 1 aromatic carbocycles. The molecule has 0 amide bonds. The lowest BCUT2D eigenvalue weighted by atomic mass is 10.00. The zero-order valence-corrected chi connectivity index (χ0v) is 10.2. The standard InChI is InChI=1S/C14H19NO/c1-4-5-6-7-13(15)12-10-11(2)8-9-14(12)16-3/h8-10,13H,6-7,15H2,1-3H3. The van der Waals surface area contributed by atoms with Crippen LogP contribution >= 0.6 is 0 Å². The van der Waals surface area contributed by atoms with Crippen molar-refractivity contribution in [3.8, 4) is 17.6 Å². The zero-order valence-electron chi connectivity index (χ0n) is 10.2. The summed E-state index contributed by atoms with van der Waals surface area (Å²) in [5.74, 6) is 6.77. The lowest BCUT2D eigenvalue weighted by Gasteiger charge is -2.15. The fraction of sp³-hybridized carbons (Fsp3) is 0.429. The van der Waals surface area contributed by atoms with E-state index in [0.29, 0.717) is 0 Å². The van der Waals surface area contributed by atoms with Gasteiger partial charge in [-0.25, -0.2) is 0 Å². The first-order valence-corrected chi connectivity index (χ1v) is 5.48. The molecular formula is C14H19NO. The summed E-state index contributed by atoms with van der Waals surface area (Å²) < 4.78 is 5.31. The lowest BCUT2D eigenvalue weighted by molar-refractivity contribution is 0.404. The van der Waals surface area contributed by atoms with E-state index in [0.717, 1.165) is 24.2 Å². The molecule has 0 radical (unpaired) electrons. The lowest BCUT2D eigenvalue weighted by Crippen LogP contribution is -2.11. The summed E-state index contributed by atoms with van der Waals surface area (Å²) in [4.78, 5) is 0. The minimum absolute atomic E-state index is 0.00398. The number of hydrogen-bond donors (Lipinski definition) is 1. The molecule has 2 heteroatoms. The number of hydrogen-bond acceptors (Lipinski definition) is 2. The largest absolute Gasteiger partial charge is 0.496 e. The molecule has 0 saturated carbocycles. The van der Waals surface area contributed by atoms with Crippen LogP contribution in [-0.2, 0) is 0 Å². The molecule has 0 heterocycles. The third kappa shape index (κ3) is 3.29. The van der Waals surface area contributed by atoms with Gasteiger partial charge in [-0.1, -0.05) is 17.7 Å². The molecule has 1 aromatic rings. The molecule has 16 heavy (non-hydrogen) atoms. The Morgan fingerprint density at radius 2 is 2.19 bits per heavy atom. The summed E-state index contributed by atoms with van der Waals surface area (Å²) in [6, 6.07) is 6.08. The molecule has 0 fully saturated rings. The van der Waals surface area contributed by atoms with Crippen molar-refractivity contribution in [2.24, 2.45) is 5.73 Å². The van der Waals surface area contributed by atoms with Crippen LogP contribution in [0.4, 0.5) is 0 Å². The highest BCUT2D eigenvalue weighted by molar-refractivity contribution is 5.39. The summed E-state index contributed by atoms with van der Waals surface area (Å²) in [5, 5.41) is 0. The molecule has 1 unspecified atom stereocenters. The van der Waals surface area contributed by atoms with Crippen molar-refractivity contribution in [2.75, 3.05) is 7.11 Å². The highest BCUT2D eigenvalue weighted by atomic mass is 16.5. The predicted molar refractivity (Wildman–Crippen MR) is 67.3 cm³/mol. The van der Waals surface area contributed by atoms with Crippen molar-refractivity contribution in [1.82, 2.24) is 0 Å². The van der Waals surface area contributed by atoms with E-state index < -0.39 is 0 Å². The first kappa shape index (κ1) is 12.6. The molecule has 0 aromatic heterocycles. The number of nitrogens with two attached hydrogens (primary N) is 1. The molecule has 0 saturated heterocycles. The summed E-state index contributed by atoms with van der Waals surface area (Å²) in [5.41, 5.74) is 8.40. The van der Waals surface area contributed by atoms with Crippen LogP contribution in [0.5, 0.6) is 5.75 Å². The molecular weight excluding hydrogens is 198 g/mol. The van der Waals surface area contributed by atoms with Crippen molar-refractivity contribution in [3.63, 3.8) is 0 Å². The van der Waals surface area contributed by atoms with E-state index in [9.17, 15) is 0 Å². The Morgan fingerprint density at radius 1 is 1.44 bits per heavy atom. The Morgan fingerprint density at radius 3 is 2.81 bits per heavy atom. The number of rotatable bonds is 4. The normalized spacial score (nSPS) is 11.5. The van der Waals surface area contributed by atoms with E-state index in [1.165, 1.54) is 5.56 Å². The van der Waals surface area contributed by atoms with Crippen LogP contribution < -0.4 is 10.5 Å². The number of ether oxygens (including phenoxy) is 1. The van der Waals surface area contributed by atoms with Crippen molar-refractivity contribution >= 4 is 0 Å². The Kier molecular flexibility index (Phi) is 4.88. The van der Waals surface area contributed by atoms with Gasteiger partial charge >= 0.3 is 0 Å². The van der Waals surface area contributed by atoms with E-state index in [1.807, 2.05) is 19.1 Å². The fourth-order valence-electron chi connectivity index (χ4n) is 1.65. The first-order chi connectivity index (χ1) is 7.69. The van der Waals surface area contributed by atoms with Gasteiger partial charge in [-0.3, -0.25) is 0 Å². The maximum atomic E-state index is 6.13. The fourth-order valence-corrected chi connectivity index (χ4v) is 1.65. The average Bonchev–Trinajstić information content (AvgIpc) is 2.29. The predicted octanol–water partition coefficient (Wildman–Crippen LogP) is 2.81. The monoisotopic (exact) mass is 217 g/mol. The minimum atomic E-state index is -0.00398. The molecule has 1 atom stereocenters. The summed E-state index contributed by atoms with van der Waals surface area (Å²) in [6.07, 6.45) is 1.69. The van der Waals surface area contributed by atoms with Gasteiger partial charge in [0.2, 0.25) is 0 Å². The second-order valence-electron chi connectivity index (χ2n) is 3.82. The molecule has 2 N–H and O–H groups in total. The van der Waals surface area contributed by atoms with Crippen LogP contribution in [0.15, 0.2) is 18.2 Å². The van der Waals surface area contributed by atoms with Crippen LogP contribution in [0.2, 0.25) is 0 Å².